The van der Waals surface area contributed by atoms with Gasteiger partial charge in [0, 0.05) is 5.69 Å². The summed E-state index contributed by atoms with van der Waals surface area (Å²) in [6.45, 7) is 5.17. The third-order valence-electron chi connectivity index (χ3n) is 3.66. The minimum atomic E-state index is -0.548. The van der Waals surface area contributed by atoms with E-state index in [1.165, 1.54) is 0 Å². The molecular weight excluding hydrogens is 292 g/mol. The van der Waals surface area contributed by atoms with Crippen molar-refractivity contribution < 1.29 is 4.79 Å². The third-order valence-corrected chi connectivity index (χ3v) is 3.66. The van der Waals surface area contributed by atoms with Gasteiger partial charge in [-0.3, -0.25) is 9.59 Å². The lowest BCUT2D eigenvalue weighted by Crippen LogP contribution is -2.32. The summed E-state index contributed by atoms with van der Waals surface area (Å²) in [5, 5.41) is 15.9. The predicted octanol–water partition coefficient (Wildman–Crippen LogP) is 1.93. The molecule has 0 bridgehead atoms. The fourth-order valence-corrected chi connectivity index (χ4v) is 2.22. The van der Waals surface area contributed by atoms with Crippen LogP contribution in [-0.2, 0) is 17.8 Å². The van der Waals surface area contributed by atoms with Gasteiger partial charge < -0.3 is 5.32 Å². The van der Waals surface area contributed by atoms with E-state index in [1.807, 2.05) is 31.2 Å². The summed E-state index contributed by atoms with van der Waals surface area (Å²) in [5.74, 6) is -0.361. The Hall–Kier alpha value is -2.94. The molecule has 1 aromatic heterocycles. The molecule has 0 aliphatic rings. The molecule has 0 aliphatic heterocycles. The molecule has 1 heterocycles. The zero-order valence-corrected chi connectivity index (χ0v) is 13.4. The summed E-state index contributed by atoms with van der Waals surface area (Å²) in [6.07, 6.45) is 0.868. The molecule has 0 spiro atoms. The number of aromatic nitrogens is 2. The number of nitrogens with one attached hydrogen (secondary N) is 1. The van der Waals surface area contributed by atoms with Crippen LogP contribution >= 0.6 is 0 Å². The highest BCUT2D eigenvalue weighted by molar-refractivity contribution is 5.90. The molecule has 6 nitrogen and oxygen atoms in total. The van der Waals surface area contributed by atoms with Crippen molar-refractivity contribution in [3.8, 4) is 6.07 Å². The molecule has 0 aliphatic carbocycles. The van der Waals surface area contributed by atoms with Crippen molar-refractivity contribution in [3.05, 3.63) is 57.0 Å². The summed E-state index contributed by atoms with van der Waals surface area (Å²) in [7, 11) is 0. The summed E-state index contributed by atoms with van der Waals surface area (Å²) in [5.41, 5.74) is 2.36. The van der Waals surface area contributed by atoms with Crippen molar-refractivity contribution in [2.75, 3.05) is 5.32 Å². The fraction of sp³-hybridized carbons (Fsp3) is 0.294. The van der Waals surface area contributed by atoms with Crippen LogP contribution in [-0.4, -0.2) is 15.7 Å². The number of nitriles is 1. The van der Waals surface area contributed by atoms with Crippen LogP contribution in [0.15, 0.2) is 29.1 Å². The van der Waals surface area contributed by atoms with Crippen LogP contribution in [0.5, 0.6) is 0 Å². The normalized spacial score (nSPS) is 10.2. The van der Waals surface area contributed by atoms with Gasteiger partial charge in [-0.1, -0.05) is 19.1 Å². The fourth-order valence-electron chi connectivity index (χ4n) is 2.22. The van der Waals surface area contributed by atoms with Gasteiger partial charge in [-0.05, 0) is 43.5 Å². The summed E-state index contributed by atoms with van der Waals surface area (Å²) >= 11 is 0. The van der Waals surface area contributed by atoms with Crippen molar-refractivity contribution in [2.45, 2.75) is 33.7 Å². The number of rotatable bonds is 4. The highest BCUT2D eigenvalue weighted by atomic mass is 16.2. The molecule has 118 valence electrons. The molecule has 2 aromatic rings. The Balaban J connectivity index is 2.22. The lowest BCUT2D eigenvalue weighted by Gasteiger charge is -2.10. The number of carbonyl (C=O) groups is 1. The van der Waals surface area contributed by atoms with E-state index in [1.54, 1.807) is 19.9 Å². The maximum Gasteiger partial charge on any atom is 0.285 e. The van der Waals surface area contributed by atoms with E-state index in [4.69, 9.17) is 5.26 Å². The summed E-state index contributed by atoms with van der Waals surface area (Å²) < 4.78 is 1.03. The molecule has 0 saturated heterocycles. The minimum Gasteiger partial charge on any atom is -0.324 e. The smallest absolute Gasteiger partial charge is 0.285 e. The van der Waals surface area contributed by atoms with Crippen molar-refractivity contribution >= 4 is 11.6 Å². The van der Waals surface area contributed by atoms with Gasteiger partial charge in [-0.2, -0.15) is 10.4 Å². The van der Waals surface area contributed by atoms with Gasteiger partial charge in [-0.15, -0.1) is 0 Å². The topological polar surface area (TPSA) is 87.8 Å². The average Bonchev–Trinajstić information content (AvgIpc) is 2.53. The van der Waals surface area contributed by atoms with E-state index in [2.05, 4.69) is 10.4 Å². The summed E-state index contributed by atoms with van der Waals surface area (Å²) in [6, 6.07) is 9.39. The van der Waals surface area contributed by atoms with Crippen LogP contribution < -0.4 is 10.9 Å². The second-order valence-electron chi connectivity index (χ2n) is 5.26. The molecule has 0 radical (unpaired) electrons. The van der Waals surface area contributed by atoms with Gasteiger partial charge in [0.2, 0.25) is 5.91 Å². The molecule has 23 heavy (non-hydrogen) atoms. The number of carbonyl (C=O) groups excluding carboxylic acids is 1. The highest BCUT2D eigenvalue weighted by Crippen LogP contribution is 2.11. The quantitative estimate of drug-likeness (QED) is 0.934. The van der Waals surface area contributed by atoms with Crippen LogP contribution in [0.3, 0.4) is 0 Å². The Morgan fingerprint density at radius 1 is 1.39 bits per heavy atom. The first-order chi connectivity index (χ1) is 11.0. The van der Waals surface area contributed by atoms with Crippen molar-refractivity contribution in [2.24, 2.45) is 0 Å². The predicted molar refractivity (Wildman–Crippen MR) is 87.1 cm³/mol. The first-order valence-corrected chi connectivity index (χ1v) is 7.33. The zero-order chi connectivity index (χ0) is 17.0. The maximum absolute atomic E-state index is 12.2. The molecule has 0 fully saturated rings. The lowest BCUT2D eigenvalue weighted by molar-refractivity contribution is -0.117. The Bertz CT molecular complexity index is 847. The van der Waals surface area contributed by atoms with Crippen molar-refractivity contribution in [3.63, 3.8) is 0 Å². The van der Waals surface area contributed by atoms with Gasteiger partial charge in [0.15, 0.2) is 0 Å². The van der Waals surface area contributed by atoms with Crippen LogP contribution in [0.2, 0.25) is 0 Å². The monoisotopic (exact) mass is 310 g/mol. The third kappa shape index (κ3) is 3.64. The first kappa shape index (κ1) is 16.4. The van der Waals surface area contributed by atoms with Crippen LogP contribution in [0.4, 0.5) is 5.69 Å². The van der Waals surface area contributed by atoms with Gasteiger partial charge in [0.1, 0.15) is 18.2 Å². The molecular formula is C17H18N4O2. The Morgan fingerprint density at radius 2 is 2.13 bits per heavy atom. The van der Waals surface area contributed by atoms with Gasteiger partial charge in [0.25, 0.3) is 5.56 Å². The highest BCUT2D eigenvalue weighted by Gasteiger charge is 2.14. The number of aryl methyl sites for hydroxylation is 2. The standard InChI is InChI=1S/C17H18N4O2/c1-4-13-6-5-7-14(8-13)19-16(22)10-21-17(23)15(9-18)11(2)12(3)20-21/h5-8H,4,10H2,1-3H3,(H,19,22). The number of benzene rings is 1. The first-order valence-electron chi connectivity index (χ1n) is 7.33. The minimum absolute atomic E-state index is 0.0262. The van der Waals surface area contributed by atoms with E-state index >= 15 is 0 Å². The number of anilines is 1. The number of nitrogens with zero attached hydrogens (tertiary/aromatic N) is 3. The largest absolute Gasteiger partial charge is 0.324 e. The lowest BCUT2D eigenvalue weighted by atomic mass is 10.1. The van der Waals surface area contributed by atoms with E-state index in [0.29, 0.717) is 16.9 Å². The van der Waals surface area contributed by atoms with Crippen LogP contribution in [0.25, 0.3) is 0 Å². The van der Waals surface area contributed by atoms with Crippen LogP contribution in [0.1, 0.15) is 29.3 Å². The van der Waals surface area contributed by atoms with E-state index in [9.17, 15) is 9.59 Å². The molecule has 1 aromatic carbocycles. The second-order valence-corrected chi connectivity index (χ2v) is 5.26. The zero-order valence-electron chi connectivity index (χ0n) is 13.4. The van der Waals surface area contributed by atoms with E-state index in [0.717, 1.165) is 16.7 Å². The Morgan fingerprint density at radius 3 is 2.78 bits per heavy atom. The molecule has 1 amide bonds. The molecule has 6 heteroatoms. The maximum atomic E-state index is 12.2. The Kier molecular flexibility index (Phi) is 4.91. The van der Waals surface area contributed by atoms with Gasteiger partial charge in [-0.25, -0.2) is 4.68 Å². The number of amides is 1. The molecule has 1 N–H and O–H groups in total. The molecule has 0 atom stereocenters. The van der Waals surface area contributed by atoms with E-state index in [-0.39, 0.29) is 18.0 Å². The summed E-state index contributed by atoms with van der Waals surface area (Å²) in [4.78, 5) is 24.3. The molecule has 0 unspecified atom stereocenters. The second kappa shape index (κ2) is 6.88. The molecule has 2 rings (SSSR count). The SMILES string of the molecule is CCc1cccc(NC(=O)Cn2nc(C)c(C)c(C#N)c2=O)c1. The van der Waals surface area contributed by atoms with Crippen molar-refractivity contribution in [1.29, 1.82) is 5.26 Å². The number of hydrogen-bond acceptors (Lipinski definition) is 4. The van der Waals surface area contributed by atoms with E-state index < -0.39 is 5.56 Å². The number of hydrogen-bond donors (Lipinski definition) is 1. The van der Waals surface area contributed by atoms with Crippen molar-refractivity contribution in [1.82, 2.24) is 9.78 Å². The Labute approximate surface area is 134 Å². The van der Waals surface area contributed by atoms with Crippen LogP contribution in [0, 0.1) is 25.2 Å². The average molecular weight is 310 g/mol. The van der Waals surface area contributed by atoms with Gasteiger partial charge >= 0.3 is 0 Å². The van der Waals surface area contributed by atoms with Gasteiger partial charge in [0.05, 0.1) is 5.69 Å². The molecule has 0 saturated carbocycles.